The van der Waals surface area contributed by atoms with Gasteiger partial charge in [-0.05, 0) is 50.1 Å². The molecule has 1 aliphatic heterocycles. The molecule has 1 aliphatic rings. The SMILES string of the molecule is Cc1ccc([C@@H]2CCCN2C(=O)c2ccc3nc[nH]c3c2)o1. The highest BCUT2D eigenvalue weighted by Gasteiger charge is 2.32. The molecule has 0 radical (unpaired) electrons. The molecule has 1 fully saturated rings. The number of furan rings is 1. The van der Waals surface area contributed by atoms with Gasteiger partial charge in [0.1, 0.15) is 11.5 Å². The average Bonchev–Trinajstić information content (AvgIpc) is 3.25. The van der Waals surface area contributed by atoms with Crippen LogP contribution < -0.4 is 0 Å². The van der Waals surface area contributed by atoms with Gasteiger partial charge in [-0.1, -0.05) is 0 Å². The standard InChI is InChI=1S/C17H17N3O2/c1-11-4-7-16(22-11)15-3-2-8-20(15)17(21)12-5-6-13-14(9-12)19-10-18-13/h4-7,9-10,15H,2-3,8H2,1H3,(H,18,19)/t15-/m0/s1. The first-order valence-corrected chi connectivity index (χ1v) is 7.53. The summed E-state index contributed by atoms with van der Waals surface area (Å²) in [6.07, 6.45) is 3.59. The number of fused-ring (bicyclic) bond motifs is 1. The van der Waals surface area contributed by atoms with Crippen molar-refractivity contribution in [1.29, 1.82) is 0 Å². The molecule has 0 spiro atoms. The smallest absolute Gasteiger partial charge is 0.254 e. The zero-order chi connectivity index (χ0) is 15.1. The Morgan fingerprint density at radius 1 is 1.36 bits per heavy atom. The largest absolute Gasteiger partial charge is 0.464 e. The molecule has 0 unspecified atom stereocenters. The van der Waals surface area contributed by atoms with E-state index in [9.17, 15) is 4.79 Å². The van der Waals surface area contributed by atoms with Crippen molar-refractivity contribution in [2.24, 2.45) is 0 Å². The summed E-state index contributed by atoms with van der Waals surface area (Å²) in [5.41, 5.74) is 2.44. The first-order chi connectivity index (χ1) is 10.7. The van der Waals surface area contributed by atoms with Crippen molar-refractivity contribution in [2.45, 2.75) is 25.8 Å². The van der Waals surface area contributed by atoms with Crippen LogP contribution >= 0.6 is 0 Å². The number of H-pyrrole nitrogens is 1. The molecule has 1 atom stereocenters. The zero-order valence-electron chi connectivity index (χ0n) is 12.4. The van der Waals surface area contributed by atoms with Gasteiger partial charge >= 0.3 is 0 Å². The quantitative estimate of drug-likeness (QED) is 0.787. The van der Waals surface area contributed by atoms with E-state index in [-0.39, 0.29) is 11.9 Å². The van der Waals surface area contributed by atoms with Gasteiger partial charge in [0.25, 0.3) is 5.91 Å². The van der Waals surface area contributed by atoms with Crippen LogP contribution in [-0.2, 0) is 0 Å². The predicted octanol–water partition coefficient (Wildman–Crippen LogP) is 3.44. The lowest BCUT2D eigenvalue weighted by Crippen LogP contribution is -2.30. The minimum atomic E-state index is 0.0404. The number of aryl methyl sites for hydroxylation is 1. The van der Waals surface area contributed by atoms with E-state index in [1.54, 1.807) is 6.33 Å². The molecule has 22 heavy (non-hydrogen) atoms. The monoisotopic (exact) mass is 295 g/mol. The van der Waals surface area contributed by atoms with Crippen LogP contribution in [0.25, 0.3) is 11.0 Å². The van der Waals surface area contributed by atoms with E-state index in [1.165, 1.54) is 0 Å². The lowest BCUT2D eigenvalue weighted by atomic mass is 10.1. The van der Waals surface area contributed by atoms with E-state index < -0.39 is 0 Å². The van der Waals surface area contributed by atoms with Crippen molar-refractivity contribution < 1.29 is 9.21 Å². The third-order valence-corrected chi connectivity index (χ3v) is 4.27. The number of imidazole rings is 1. The number of carbonyl (C=O) groups excluding carboxylic acids is 1. The van der Waals surface area contributed by atoms with Crippen LogP contribution in [0.2, 0.25) is 0 Å². The second-order valence-electron chi connectivity index (χ2n) is 5.74. The number of aromatic nitrogens is 2. The minimum absolute atomic E-state index is 0.0404. The van der Waals surface area contributed by atoms with Crippen LogP contribution in [0.5, 0.6) is 0 Å². The fraction of sp³-hybridized carbons (Fsp3) is 0.294. The number of carbonyl (C=O) groups is 1. The third-order valence-electron chi connectivity index (χ3n) is 4.27. The normalized spacial score (nSPS) is 18.2. The summed E-state index contributed by atoms with van der Waals surface area (Å²) in [6, 6.07) is 9.55. The van der Waals surface area contributed by atoms with Gasteiger partial charge in [0, 0.05) is 12.1 Å². The topological polar surface area (TPSA) is 62.1 Å². The number of amides is 1. The summed E-state index contributed by atoms with van der Waals surface area (Å²) in [7, 11) is 0. The maximum Gasteiger partial charge on any atom is 0.254 e. The fourth-order valence-electron chi connectivity index (χ4n) is 3.17. The van der Waals surface area contributed by atoms with Gasteiger partial charge in [0.15, 0.2) is 0 Å². The van der Waals surface area contributed by atoms with Gasteiger partial charge in [-0.25, -0.2) is 4.98 Å². The van der Waals surface area contributed by atoms with Gasteiger partial charge in [0.05, 0.1) is 23.4 Å². The number of nitrogens with zero attached hydrogens (tertiary/aromatic N) is 2. The van der Waals surface area contributed by atoms with Gasteiger partial charge < -0.3 is 14.3 Å². The second-order valence-corrected chi connectivity index (χ2v) is 5.74. The summed E-state index contributed by atoms with van der Waals surface area (Å²) in [4.78, 5) is 22.0. The molecule has 1 saturated heterocycles. The Labute approximate surface area is 127 Å². The van der Waals surface area contributed by atoms with Crippen LogP contribution in [-0.4, -0.2) is 27.3 Å². The first kappa shape index (κ1) is 13.1. The van der Waals surface area contributed by atoms with E-state index in [0.29, 0.717) is 5.56 Å². The fourth-order valence-corrected chi connectivity index (χ4v) is 3.17. The summed E-state index contributed by atoms with van der Waals surface area (Å²) in [6.45, 7) is 2.70. The molecule has 4 rings (SSSR count). The van der Waals surface area contributed by atoms with Crippen molar-refractivity contribution in [3.63, 3.8) is 0 Å². The molecule has 1 N–H and O–H groups in total. The maximum absolute atomic E-state index is 12.9. The molecule has 0 bridgehead atoms. The minimum Gasteiger partial charge on any atom is -0.464 e. The number of rotatable bonds is 2. The highest BCUT2D eigenvalue weighted by molar-refractivity contribution is 5.97. The van der Waals surface area contributed by atoms with Crippen LogP contribution in [0.1, 0.15) is 40.8 Å². The Morgan fingerprint density at radius 3 is 3.09 bits per heavy atom. The van der Waals surface area contributed by atoms with Gasteiger partial charge in [-0.3, -0.25) is 4.79 Å². The van der Waals surface area contributed by atoms with Crippen molar-refractivity contribution in [1.82, 2.24) is 14.9 Å². The summed E-state index contributed by atoms with van der Waals surface area (Å²) < 4.78 is 5.73. The van der Waals surface area contributed by atoms with E-state index in [4.69, 9.17) is 4.42 Å². The number of hydrogen-bond acceptors (Lipinski definition) is 3. The molecule has 112 valence electrons. The summed E-state index contributed by atoms with van der Waals surface area (Å²) in [5, 5.41) is 0. The number of hydrogen-bond donors (Lipinski definition) is 1. The molecule has 1 aromatic carbocycles. The molecule has 0 saturated carbocycles. The molecule has 5 heteroatoms. The molecule has 2 aromatic heterocycles. The molecule has 0 aliphatic carbocycles. The predicted molar refractivity (Wildman–Crippen MR) is 82.6 cm³/mol. The zero-order valence-corrected chi connectivity index (χ0v) is 12.4. The maximum atomic E-state index is 12.9. The van der Waals surface area contributed by atoms with Gasteiger partial charge in [0.2, 0.25) is 0 Å². The Kier molecular flexibility index (Phi) is 2.99. The van der Waals surface area contributed by atoms with Gasteiger partial charge in [-0.15, -0.1) is 0 Å². The van der Waals surface area contributed by atoms with Crippen LogP contribution in [0.3, 0.4) is 0 Å². The van der Waals surface area contributed by atoms with Gasteiger partial charge in [-0.2, -0.15) is 0 Å². The van der Waals surface area contributed by atoms with Crippen LogP contribution in [0, 0.1) is 6.92 Å². The van der Waals surface area contributed by atoms with Crippen molar-refractivity contribution in [3.05, 3.63) is 53.7 Å². The molecular weight excluding hydrogens is 278 g/mol. The van der Waals surface area contributed by atoms with Crippen molar-refractivity contribution in [2.75, 3.05) is 6.54 Å². The molecular formula is C17H17N3O2. The lowest BCUT2D eigenvalue weighted by Gasteiger charge is -2.23. The second kappa shape index (κ2) is 5.02. The third kappa shape index (κ3) is 2.09. The van der Waals surface area contributed by atoms with E-state index in [1.807, 2.05) is 42.2 Å². The number of likely N-dealkylation sites (tertiary alicyclic amines) is 1. The Morgan fingerprint density at radius 2 is 2.27 bits per heavy atom. The summed E-state index contributed by atoms with van der Waals surface area (Å²) >= 11 is 0. The highest BCUT2D eigenvalue weighted by atomic mass is 16.3. The Hall–Kier alpha value is -2.56. The molecule has 3 heterocycles. The van der Waals surface area contributed by atoms with E-state index in [0.717, 1.165) is 41.9 Å². The Balaban J connectivity index is 1.65. The lowest BCUT2D eigenvalue weighted by molar-refractivity contribution is 0.0719. The van der Waals surface area contributed by atoms with E-state index >= 15 is 0 Å². The highest BCUT2D eigenvalue weighted by Crippen LogP contribution is 2.34. The number of aromatic amines is 1. The van der Waals surface area contributed by atoms with Crippen molar-refractivity contribution >= 4 is 16.9 Å². The molecule has 1 amide bonds. The number of nitrogens with one attached hydrogen (secondary N) is 1. The first-order valence-electron chi connectivity index (χ1n) is 7.53. The molecule has 5 nitrogen and oxygen atoms in total. The average molecular weight is 295 g/mol. The van der Waals surface area contributed by atoms with Crippen LogP contribution in [0.4, 0.5) is 0 Å². The molecule has 3 aromatic rings. The number of benzene rings is 1. The van der Waals surface area contributed by atoms with Crippen LogP contribution in [0.15, 0.2) is 41.1 Å². The van der Waals surface area contributed by atoms with E-state index in [2.05, 4.69) is 9.97 Å². The Bertz CT molecular complexity index is 833. The summed E-state index contributed by atoms with van der Waals surface area (Å²) in [5.74, 6) is 1.81. The van der Waals surface area contributed by atoms with Crippen molar-refractivity contribution in [3.8, 4) is 0 Å².